The van der Waals surface area contributed by atoms with Crippen molar-refractivity contribution in [3.05, 3.63) is 18.2 Å². The third kappa shape index (κ3) is 5.78. The minimum atomic E-state index is -0.251. The van der Waals surface area contributed by atoms with E-state index in [2.05, 4.69) is 5.32 Å². The number of nitrogens with one attached hydrogen (secondary N) is 1. The van der Waals surface area contributed by atoms with Crippen LogP contribution in [0.1, 0.15) is 6.92 Å². The second-order valence-corrected chi connectivity index (χ2v) is 5.30. The first-order valence-electron chi connectivity index (χ1n) is 7.30. The van der Waals surface area contributed by atoms with Gasteiger partial charge in [-0.3, -0.25) is 14.5 Å². The van der Waals surface area contributed by atoms with Gasteiger partial charge in [-0.2, -0.15) is 0 Å². The highest BCUT2D eigenvalue weighted by Gasteiger charge is 2.20. The van der Waals surface area contributed by atoms with Crippen molar-refractivity contribution in [2.45, 2.75) is 6.92 Å². The quantitative estimate of drug-likeness (QED) is 0.764. The van der Waals surface area contributed by atoms with Crippen molar-refractivity contribution >= 4 is 17.5 Å². The van der Waals surface area contributed by atoms with Crippen molar-refractivity contribution in [2.24, 2.45) is 0 Å². The van der Waals surface area contributed by atoms with Gasteiger partial charge in [0.05, 0.1) is 19.9 Å². The van der Waals surface area contributed by atoms with Gasteiger partial charge in [-0.25, -0.2) is 0 Å². The molecule has 0 aliphatic heterocycles. The van der Waals surface area contributed by atoms with Crippen LogP contribution in [-0.4, -0.2) is 64.7 Å². The number of nitrogens with zero attached hydrogens (tertiary/aromatic N) is 2. The molecule has 1 rings (SSSR count). The summed E-state index contributed by atoms with van der Waals surface area (Å²) in [6.07, 6.45) is 0. The van der Waals surface area contributed by atoms with E-state index in [1.165, 1.54) is 26.0 Å². The van der Waals surface area contributed by atoms with E-state index in [0.29, 0.717) is 23.7 Å². The number of carbonyl (C=O) groups is 2. The molecule has 1 N–H and O–H groups in total. The van der Waals surface area contributed by atoms with Gasteiger partial charge in [-0.05, 0) is 26.2 Å². The maximum absolute atomic E-state index is 12.1. The van der Waals surface area contributed by atoms with Crippen LogP contribution in [0, 0.1) is 0 Å². The van der Waals surface area contributed by atoms with Crippen molar-refractivity contribution < 1.29 is 19.1 Å². The SMILES string of the molecule is COc1ccc(OC)c(N(CC(=O)NCCN(C)C)C(C)=O)c1. The monoisotopic (exact) mass is 323 g/mol. The Labute approximate surface area is 137 Å². The fraction of sp³-hybridized carbons (Fsp3) is 0.500. The molecule has 0 saturated carbocycles. The van der Waals surface area contributed by atoms with Crippen LogP contribution in [-0.2, 0) is 9.59 Å². The summed E-state index contributed by atoms with van der Waals surface area (Å²) >= 11 is 0. The number of likely N-dealkylation sites (N-methyl/N-ethyl adjacent to an activating group) is 1. The van der Waals surface area contributed by atoms with Gasteiger partial charge in [0.1, 0.15) is 18.0 Å². The molecule has 0 atom stereocenters. The van der Waals surface area contributed by atoms with Gasteiger partial charge in [-0.1, -0.05) is 0 Å². The van der Waals surface area contributed by atoms with E-state index in [9.17, 15) is 9.59 Å². The Morgan fingerprint density at radius 2 is 1.87 bits per heavy atom. The molecular weight excluding hydrogens is 298 g/mol. The van der Waals surface area contributed by atoms with Crippen LogP contribution in [0.15, 0.2) is 18.2 Å². The lowest BCUT2D eigenvalue weighted by atomic mass is 10.2. The Balaban J connectivity index is 2.90. The van der Waals surface area contributed by atoms with E-state index >= 15 is 0 Å². The lowest BCUT2D eigenvalue weighted by molar-refractivity contribution is -0.123. The van der Waals surface area contributed by atoms with Gasteiger partial charge < -0.3 is 19.7 Å². The summed E-state index contributed by atoms with van der Waals surface area (Å²) in [4.78, 5) is 27.4. The molecule has 0 aromatic heterocycles. The van der Waals surface area contributed by atoms with Crippen molar-refractivity contribution in [3.63, 3.8) is 0 Å². The van der Waals surface area contributed by atoms with Crippen LogP contribution < -0.4 is 19.7 Å². The summed E-state index contributed by atoms with van der Waals surface area (Å²) in [5.41, 5.74) is 0.502. The van der Waals surface area contributed by atoms with Crippen LogP contribution in [0.25, 0.3) is 0 Å². The number of ether oxygens (including phenoxy) is 2. The molecule has 0 bridgehead atoms. The summed E-state index contributed by atoms with van der Waals surface area (Å²) in [6.45, 7) is 2.58. The second kappa shape index (κ2) is 8.99. The third-order valence-corrected chi connectivity index (χ3v) is 3.24. The second-order valence-electron chi connectivity index (χ2n) is 5.30. The lowest BCUT2D eigenvalue weighted by Crippen LogP contribution is -2.41. The number of anilines is 1. The first kappa shape index (κ1) is 18.8. The molecule has 0 spiro atoms. The maximum atomic E-state index is 12.1. The molecule has 0 fully saturated rings. The number of carbonyl (C=O) groups excluding carboxylic acids is 2. The highest BCUT2D eigenvalue weighted by atomic mass is 16.5. The first-order chi connectivity index (χ1) is 10.9. The van der Waals surface area contributed by atoms with Gasteiger partial charge in [0.2, 0.25) is 11.8 Å². The van der Waals surface area contributed by atoms with Crippen LogP contribution in [0.4, 0.5) is 5.69 Å². The molecule has 0 aliphatic carbocycles. The predicted molar refractivity (Wildman–Crippen MR) is 89.1 cm³/mol. The summed E-state index contributed by atoms with van der Waals surface area (Å²) in [6, 6.07) is 5.11. The number of rotatable bonds is 8. The Bertz CT molecular complexity index is 546. The van der Waals surface area contributed by atoms with Crippen LogP contribution in [0.5, 0.6) is 11.5 Å². The largest absolute Gasteiger partial charge is 0.497 e. The zero-order valence-corrected chi connectivity index (χ0v) is 14.4. The molecule has 128 valence electrons. The van der Waals surface area contributed by atoms with E-state index in [0.717, 1.165) is 6.54 Å². The molecular formula is C16H25N3O4. The highest BCUT2D eigenvalue weighted by molar-refractivity contribution is 5.98. The van der Waals surface area contributed by atoms with E-state index < -0.39 is 0 Å². The molecule has 0 heterocycles. The molecule has 0 unspecified atom stereocenters. The average molecular weight is 323 g/mol. The standard InChI is InChI=1S/C16H25N3O4/c1-12(20)19(11-16(21)17-8-9-18(2)3)14-10-13(22-4)6-7-15(14)23-5/h6-7,10H,8-9,11H2,1-5H3,(H,17,21). The van der Waals surface area contributed by atoms with Gasteiger partial charge >= 0.3 is 0 Å². The molecule has 2 amide bonds. The topological polar surface area (TPSA) is 71.1 Å². The number of hydrogen-bond donors (Lipinski definition) is 1. The summed E-state index contributed by atoms with van der Waals surface area (Å²) < 4.78 is 10.5. The van der Waals surface area contributed by atoms with E-state index in [1.54, 1.807) is 18.2 Å². The minimum absolute atomic E-state index is 0.0771. The Kier molecular flexibility index (Phi) is 7.34. The molecule has 0 radical (unpaired) electrons. The van der Waals surface area contributed by atoms with Crippen molar-refractivity contribution in [3.8, 4) is 11.5 Å². The summed E-state index contributed by atoms with van der Waals surface area (Å²) in [5, 5.41) is 2.79. The number of amides is 2. The highest BCUT2D eigenvalue weighted by Crippen LogP contribution is 2.32. The molecule has 1 aromatic rings. The van der Waals surface area contributed by atoms with E-state index in [4.69, 9.17) is 9.47 Å². The molecule has 7 heteroatoms. The van der Waals surface area contributed by atoms with Crippen LogP contribution in [0.2, 0.25) is 0 Å². The molecule has 1 aromatic carbocycles. The Morgan fingerprint density at radius 3 is 2.39 bits per heavy atom. The summed E-state index contributed by atoms with van der Waals surface area (Å²) in [5.74, 6) is 0.605. The zero-order chi connectivity index (χ0) is 17.4. The minimum Gasteiger partial charge on any atom is -0.497 e. The van der Waals surface area contributed by atoms with E-state index in [1.807, 2.05) is 19.0 Å². The predicted octanol–water partition coefficient (Wildman–Crippen LogP) is 0.735. The number of methoxy groups -OCH3 is 2. The van der Waals surface area contributed by atoms with Gasteiger partial charge in [0.15, 0.2) is 0 Å². The summed E-state index contributed by atoms with van der Waals surface area (Å²) in [7, 11) is 6.91. The first-order valence-corrected chi connectivity index (χ1v) is 7.30. The van der Waals surface area contributed by atoms with Gasteiger partial charge in [0, 0.05) is 26.1 Å². The van der Waals surface area contributed by atoms with Crippen molar-refractivity contribution in [1.82, 2.24) is 10.2 Å². The maximum Gasteiger partial charge on any atom is 0.240 e. The van der Waals surface area contributed by atoms with Gasteiger partial charge in [0.25, 0.3) is 0 Å². The van der Waals surface area contributed by atoms with Crippen molar-refractivity contribution in [1.29, 1.82) is 0 Å². The number of hydrogen-bond acceptors (Lipinski definition) is 5. The average Bonchev–Trinajstić information content (AvgIpc) is 2.51. The lowest BCUT2D eigenvalue weighted by Gasteiger charge is -2.23. The smallest absolute Gasteiger partial charge is 0.240 e. The molecule has 0 aliphatic rings. The molecule has 7 nitrogen and oxygen atoms in total. The van der Waals surface area contributed by atoms with Crippen molar-refractivity contribution in [2.75, 3.05) is 52.8 Å². The van der Waals surface area contributed by atoms with Gasteiger partial charge in [-0.15, -0.1) is 0 Å². The zero-order valence-electron chi connectivity index (χ0n) is 14.4. The fourth-order valence-electron chi connectivity index (χ4n) is 1.99. The van der Waals surface area contributed by atoms with Crippen LogP contribution in [0.3, 0.4) is 0 Å². The molecule has 0 saturated heterocycles. The van der Waals surface area contributed by atoms with Crippen LogP contribution >= 0.6 is 0 Å². The number of benzene rings is 1. The third-order valence-electron chi connectivity index (χ3n) is 3.24. The molecule has 23 heavy (non-hydrogen) atoms. The Morgan fingerprint density at radius 1 is 1.17 bits per heavy atom. The normalized spacial score (nSPS) is 10.3. The fourth-order valence-corrected chi connectivity index (χ4v) is 1.99. The Hall–Kier alpha value is -2.28. The van der Waals surface area contributed by atoms with E-state index in [-0.39, 0.29) is 18.4 Å².